The van der Waals surface area contributed by atoms with Crippen LogP contribution >= 0.6 is 27.7 Å². The summed E-state index contributed by atoms with van der Waals surface area (Å²) in [6, 6.07) is 5.35. The van der Waals surface area contributed by atoms with Gasteiger partial charge in [-0.15, -0.1) is 24.9 Å². The molecule has 212 valence electrons. The number of carbonyl (C=O) groups excluding carboxylic acids is 3. The molecule has 7 nitrogen and oxygen atoms in total. The summed E-state index contributed by atoms with van der Waals surface area (Å²) < 4.78 is -0.698. The Hall–Kier alpha value is -2.10. The van der Waals surface area contributed by atoms with Gasteiger partial charge in [-0.25, -0.2) is 0 Å². The Kier molecular flexibility index (Phi) is 9.33. The van der Waals surface area contributed by atoms with Crippen molar-refractivity contribution in [3.8, 4) is 0 Å². The zero-order valence-electron chi connectivity index (χ0n) is 23.1. The number of aliphatic hydroxyl groups excluding tert-OH is 1. The van der Waals surface area contributed by atoms with Gasteiger partial charge in [0, 0.05) is 49.1 Å². The Labute approximate surface area is 244 Å². The number of halogens is 1. The number of nitrogens with zero attached hydrogens (tertiary/aromatic N) is 3. The Morgan fingerprint density at radius 3 is 2.56 bits per heavy atom. The summed E-state index contributed by atoms with van der Waals surface area (Å²) in [5, 5.41) is 9.20. The molecule has 3 fully saturated rings. The number of hydrogen-bond donors (Lipinski definition) is 1. The molecule has 0 aromatic heterocycles. The van der Waals surface area contributed by atoms with Crippen molar-refractivity contribution in [2.24, 2.45) is 11.8 Å². The highest BCUT2D eigenvalue weighted by molar-refractivity contribution is 9.09. The van der Waals surface area contributed by atoms with Crippen molar-refractivity contribution in [3.63, 3.8) is 0 Å². The number of alkyl halides is 1. The number of benzene rings is 1. The van der Waals surface area contributed by atoms with Crippen molar-refractivity contribution in [1.82, 2.24) is 9.80 Å². The van der Waals surface area contributed by atoms with E-state index >= 15 is 0 Å². The molecule has 4 rings (SSSR count). The molecule has 3 saturated heterocycles. The molecular weight excluding hydrogens is 578 g/mol. The van der Waals surface area contributed by atoms with E-state index in [-0.39, 0.29) is 34.4 Å². The minimum Gasteiger partial charge on any atom is -0.396 e. The minimum atomic E-state index is -0.698. The summed E-state index contributed by atoms with van der Waals surface area (Å²) in [7, 11) is 1.75. The molecule has 39 heavy (non-hydrogen) atoms. The fraction of sp³-hybridized carbons (Fsp3) is 0.567. The number of anilines is 1. The van der Waals surface area contributed by atoms with Gasteiger partial charge in [-0.3, -0.25) is 14.4 Å². The zero-order valence-corrected chi connectivity index (χ0v) is 25.5. The van der Waals surface area contributed by atoms with Crippen LogP contribution in [0.5, 0.6) is 0 Å². The van der Waals surface area contributed by atoms with Gasteiger partial charge in [0.15, 0.2) is 0 Å². The third-order valence-electron chi connectivity index (χ3n) is 8.38. The van der Waals surface area contributed by atoms with Crippen LogP contribution in [0.25, 0.3) is 0 Å². The van der Waals surface area contributed by atoms with E-state index in [1.807, 2.05) is 32.0 Å². The predicted octanol–water partition coefficient (Wildman–Crippen LogP) is 4.09. The quantitative estimate of drug-likeness (QED) is 0.217. The predicted molar refractivity (Wildman–Crippen MR) is 161 cm³/mol. The molecule has 2 bridgehead atoms. The molecule has 1 aromatic rings. The average Bonchev–Trinajstić information content (AvgIpc) is 3.49. The normalized spacial score (nSPS) is 28.9. The molecule has 3 heterocycles. The summed E-state index contributed by atoms with van der Waals surface area (Å²) >= 11 is 5.50. The Morgan fingerprint density at radius 1 is 1.18 bits per heavy atom. The molecule has 6 atom stereocenters. The second-order valence-electron chi connectivity index (χ2n) is 11.0. The van der Waals surface area contributed by atoms with Gasteiger partial charge < -0.3 is 19.8 Å². The number of amides is 3. The van der Waals surface area contributed by atoms with Crippen LogP contribution in [-0.2, 0) is 14.4 Å². The third kappa shape index (κ3) is 5.22. The number of fused-ring (bicyclic) bond motifs is 1. The minimum absolute atomic E-state index is 0.0239. The standard InChI is InChI=1S/C30H40BrN3O4S/c1-6-13-32(5)27(36)23-24-28(37)34(15-9-8-10-16-35)26(30(24)18-21(31)25(23)39-30)29(38)33(14-7-2)22-17-19(3)11-12-20(22)4/h6-7,11-12,17,21,23-26,35H,1-2,8-10,13-16,18H2,3-5H3/t21?,23-,24+,25-,26?,30?/m1/s1. The van der Waals surface area contributed by atoms with E-state index in [0.717, 1.165) is 23.2 Å². The molecule has 9 heteroatoms. The van der Waals surface area contributed by atoms with Gasteiger partial charge >= 0.3 is 0 Å². The van der Waals surface area contributed by atoms with Crippen molar-refractivity contribution < 1.29 is 19.5 Å². The van der Waals surface area contributed by atoms with Crippen LogP contribution in [-0.4, -0.2) is 86.8 Å². The second-order valence-corrected chi connectivity index (χ2v) is 13.7. The largest absolute Gasteiger partial charge is 0.396 e. The molecule has 3 aliphatic heterocycles. The Bertz CT molecular complexity index is 1150. The van der Waals surface area contributed by atoms with E-state index in [1.54, 1.807) is 45.7 Å². The van der Waals surface area contributed by atoms with Crippen molar-refractivity contribution in [1.29, 1.82) is 0 Å². The van der Waals surface area contributed by atoms with Crippen molar-refractivity contribution in [2.45, 2.75) is 60.4 Å². The highest BCUT2D eigenvalue weighted by Crippen LogP contribution is 2.68. The molecule has 1 N–H and O–H groups in total. The summed E-state index contributed by atoms with van der Waals surface area (Å²) in [5.74, 6) is -1.35. The Balaban J connectivity index is 1.79. The van der Waals surface area contributed by atoms with Gasteiger partial charge in [0.1, 0.15) is 6.04 Å². The number of likely N-dealkylation sites (tertiary alicyclic amines) is 1. The van der Waals surface area contributed by atoms with E-state index < -0.39 is 22.6 Å². The highest BCUT2D eigenvalue weighted by atomic mass is 79.9. The first-order valence-electron chi connectivity index (χ1n) is 13.7. The molecule has 0 radical (unpaired) electrons. The molecule has 1 spiro atoms. The van der Waals surface area contributed by atoms with E-state index in [4.69, 9.17) is 0 Å². The second kappa shape index (κ2) is 12.2. The van der Waals surface area contributed by atoms with E-state index in [9.17, 15) is 19.5 Å². The molecule has 0 aliphatic carbocycles. The van der Waals surface area contributed by atoms with Gasteiger partial charge in [0.25, 0.3) is 5.91 Å². The monoisotopic (exact) mass is 617 g/mol. The summed E-state index contributed by atoms with van der Waals surface area (Å²) in [6.07, 6.45) is 6.14. The first-order chi connectivity index (χ1) is 18.6. The van der Waals surface area contributed by atoms with Gasteiger partial charge in [-0.2, -0.15) is 0 Å². The topological polar surface area (TPSA) is 81.2 Å². The summed E-state index contributed by atoms with van der Waals surface area (Å²) in [6.45, 7) is 12.9. The lowest BCUT2D eigenvalue weighted by molar-refractivity contribution is -0.143. The van der Waals surface area contributed by atoms with Crippen molar-refractivity contribution in [2.75, 3.05) is 38.2 Å². The number of hydrogen-bond acceptors (Lipinski definition) is 5. The maximum Gasteiger partial charge on any atom is 0.251 e. The van der Waals surface area contributed by atoms with Crippen LogP contribution in [0.4, 0.5) is 5.69 Å². The molecule has 1 aromatic carbocycles. The van der Waals surface area contributed by atoms with Crippen LogP contribution in [0.3, 0.4) is 0 Å². The first kappa shape index (κ1) is 29.9. The number of thioether (sulfide) groups is 1. The van der Waals surface area contributed by atoms with Gasteiger partial charge in [-0.05, 0) is 56.7 Å². The van der Waals surface area contributed by atoms with Crippen molar-refractivity contribution in [3.05, 3.63) is 54.6 Å². The number of likely N-dealkylation sites (N-methyl/N-ethyl adjacent to an activating group) is 1. The van der Waals surface area contributed by atoms with Crippen LogP contribution in [0.2, 0.25) is 0 Å². The SMILES string of the molecule is C=CCN(C)C(=O)[C@H]1[C@@H]2SC3(CC2Br)C(C(=O)N(CC=C)c2cc(C)ccc2C)N(CCCCCO)C(=O)[C@H]13. The lowest BCUT2D eigenvalue weighted by atomic mass is 9.70. The number of aryl methyl sites for hydroxylation is 2. The smallest absolute Gasteiger partial charge is 0.251 e. The molecule has 3 unspecified atom stereocenters. The maximum absolute atomic E-state index is 14.7. The number of carbonyl (C=O) groups is 3. The summed E-state index contributed by atoms with van der Waals surface area (Å²) in [4.78, 5) is 47.9. The maximum atomic E-state index is 14.7. The Morgan fingerprint density at radius 2 is 1.90 bits per heavy atom. The fourth-order valence-electron chi connectivity index (χ4n) is 6.63. The van der Waals surface area contributed by atoms with Crippen LogP contribution in [0.1, 0.15) is 36.8 Å². The highest BCUT2D eigenvalue weighted by Gasteiger charge is 2.75. The lowest BCUT2D eigenvalue weighted by Crippen LogP contribution is -2.56. The zero-order chi connectivity index (χ0) is 28.5. The average molecular weight is 619 g/mol. The number of aliphatic hydroxyl groups is 1. The van der Waals surface area contributed by atoms with Gasteiger partial charge in [0.05, 0.1) is 16.6 Å². The number of rotatable bonds is 12. The lowest BCUT2D eigenvalue weighted by Gasteiger charge is -2.38. The first-order valence-corrected chi connectivity index (χ1v) is 15.5. The molecule has 3 aliphatic rings. The molecule has 3 amide bonds. The van der Waals surface area contributed by atoms with Crippen LogP contribution < -0.4 is 4.90 Å². The number of unbranched alkanes of at least 4 members (excludes halogenated alkanes) is 2. The van der Waals surface area contributed by atoms with Gasteiger partial charge in [-0.1, -0.05) is 40.2 Å². The van der Waals surface area contributed by atoms with Crippen LogP contribution in [0.15, 0.2) is 43.5 Å². The molecular formula is C30H40BrN3O4S. The van der Waals surface area contributed by atoms with Crippen LogP contribution in [0, 0.1) is 25.7 Å². The third-order valence-corrected chi connectivity index (χ3v) is 11.6. The fourth-order valence-corrected chi connectivity index (χ4v) is 10.2. The van der Waals surface area contributed by atoms with E-state index in [1.165, 1.54) is 0 Å². The van der Waals surface area contributed by atoms with E-state index in [2.05, 4.69) is 29.1 Å². The summed E-state index contributed by atoms with van der Waals surface area (Å²) in [5.41, 5.74) is 2.84. The van der Waals surface area contributed by atoms with E-state index in [0.29, 0.717) is 38.9 Å². The molecule has 0 saturated carbocycles. The van der Waals surface area contributed by atoms with Gasteiger partial charge in [0.2, 0.25) is 11.8 Å². The van der Waals surface area contributed by atoms with Crippen molar-refractivity contribution >= 4 is 51.1 Å².